The number of H-pyrrole nitrogens is 1. The summed E-state index contributed by atoms with van der Waals surface area (Å²) in [5, 5.41) is 0. The van der Waals surface area contributed by atoms with Crippen LogP contribution < -0.4 is 11.2 Å². The van der Waals surface area contributed by atoms with Crippen LogP contribution in [-0.4, -0.2) is 46.2 Å². The van der Waals surface area contributed by atoms with Crippen molar-refractivity contribution in [1.82, 2.24) is 9.55 Å². The molecular formula is C20H22N2O7. The highest BCUT2D eigenvalue weighted by atomic mass is 16.8. The summed E-state index contributed by atoms with van der Waals surface area (Å²) in [5.74, 6) is -1.37. The van der Waals surface area contributed by atoms with E-state index < -0.39 is 47.5 Å². The number of aryl methyl sites for hydroxylation is 1. The summed E-state index contributed by atoms with van der Waals surface area (Å²) >= 11 is 0. The lowest BCUT2D eigenvalue weighted by molar-refractivity contribution is -0.200. The van der Waals surface area contributed by atoms with Crippen LogP contribution in [0.4, 0.5) is 0 Å². The number of benzene rings is 1. The van der Waals surface area contributed by atoms with Crippen LogP contribution in [0.25, 0.3) is 0 Å². The molecule has 3 heterocycles. The second-order valence-electron chi connectivity index (χ2n) is 7.57. The maximum absolute atomic E-state index is 12.3. The van der Waals surface area contributed by atoms with Crippen LogP contribution in [0, 0.1) is 6.92 Å². The molecule has 2 saturated heterocycles. The van der Waals surface area contributed by atoms with Gasteiger partial charge in [0, 0.05) is 11.8 Å². The van der Waals surface area contributed by atoms with E-state index in [-0.39, 0.29) is 6.61 Å². The van der Waals surface area contributed by atoms with Crippen LogP contribution in [0.1, 0.15) is 36.0 Å². The standard InChI is InChI=1S/C20H22N2O7/c1-11-9-22(19(25)21-16(11)23)17-15-14(28-20(2,3)29-15)13(27-17)10-26-18(24)12-7-5-4-6-8-12/h4-9,13-15,17H,10H2,1-3H3,(H,21,23,25)/t13-,14-,15-,17-/m1/s1. The molecule has 29 heavy (non-hydrogen) atoms. The number of carbonyl (C=O) groups is 1. The van der Waals surface area contributed by atoms with Gasteiger partial charge in [0.2, 0.25) is 0 Å². The first kappa shape index (κ1) is 19.6. The van der Waals surface area contributed by atoms with Gasteiger partial charge >= 0.3 is 11.7 Å². The second-order valence-corrected chi connectivity index (χ2v) is 7.57. The molecule has 154 valence electrons. The topological polar surface area (TPSA) is 109 Å². The van der Waals surface area contributed by atoms with Crippen LogP contribution in [-0.2, 0) is 18.9 Å². The first-order valence-electron chi connectivity index (χ1n) is 9.30. The molecule has 9 heteroatoms. The molecule has 0 saturated carbocycles. The van der Waals surface area contributed by atoms with Gasteiger partial charge in [-0.3, -0.25) is 14.3 Å². The number of ether oxygens (including phenoxy) is 4. The third-order valence-electron chi connectivity index (χ3n) is 4.93. The molecular weight excluding hydrogens is 380 g/mol. The number of nitrogens with zero attached hydrogens (tertiary/aromatic N) is 1. The van der Waals surface area contributed by atoms with E-state index in [0.29, 0.717) is 11.1 Å². The van der Waals surface area contributed by atoms with Crippen molar-refractivity contribution in [3.05, 3.63) is 68.5 Å². The summed E-state index contributed by atoms with van der Waals surface area (Å²) in [4.78, 5) is 38.5. The van der Waals surface area contributed by atoms with E-state index in [1.54, 1.807) is 45.0 Å². The number of nitrogens with one attached hydrogen (secondary N) is 1. The Morgan fingerprint density at radius 1 is 1.17 bits per heavy atom. The third kappa shape index (κ3) is 3.76. The Kier molecular flexibility index (Phi) is 4.89. The molecule has 0 amide bonds. The third-order valence-corrected chi connectivity index (χ3v) is 4.93. The highest BCUT2D eigenvalue weighted by molar-refractivity contribution is 5.89. The lowest BCUT2D eigenvalue weighted by atomic mass is 10.1. The molecule has 2 fully saturated rings. The van der Waals surface area contributed by atoms with Gasteiger partial charge in [0.25, 0.3) is 5.56 Å². The predicted molar refractivity (Wildman–Crippen MR) is 101 cm³/mol. The van der Waals surface area contributed by atoms with E-state index >= 15 is 0 Å². The van der Waals surface area contributed by atoms with Crippen LogP contribution in [0.5, 0.6) is 0 Å². The minimum absolute atomic E-state index is 0.0675. The fraction of sp³-hybridized carbons (Fsp3) is 0.450. The summed E-state index contributed by atoms with van der Waals surface area (Å²) in [6, 6.07) is 8.61. The maximum atomic E-state index is 12.3. The average molecular weight is 402 g/mol. The molecule has 1 N–H and O–H groups in total. The lowest BCUT2D eigenvalue weighted by Gasteiger charge is -2.25. The summed E-state index contributed by atoms with van der Waals surface area (Å²) in [6.45, 7) is 5.05. The number of aromatic nitrogens is 2. The van der Waals surface area contributed by atoms with Crippen molar-refractivity contribution in [1.29, 1.82) is 0 Å². The SMILES string of the molecule is Cc1cn([C@@H]2O[C@H](COC(=O)c3ccccc3)[C@H]3OC(C)(C)O[C@H]32)c(=O)[nH]c1=O. The number of esters is 1. The fourth-order valence-electron chi connectivity index (χ4n) is 3.61. The number of carbonyl (C=O) groups excluding carboxylic acids is 1. The van der Waals surface area contributed by atoms with Gasteiger partial charge < -0.3 is 18.9 Å². The summed E-state index contributed by atoms with van der Waals surface area (Å²) in [6.07, 6.45) is -1.19. The zero-order chi connectivity index (χ0) is 20.8. The molecule has 2 aromatic rings. The highest BCUT2D eigenvalue weighted by Crippen LogP contribution is 2.42. The largest absolute Gasteiger partial charge is 0.459 e. The minimum atomic E-state index is -0.889. The minimum Gasteiger partial charge on any atom is -0.459 e. The second kappa shape index (κ2) is 7.25. The number of hydrogen-bond donors (Lipinski definition) is 1. The van der Waals surface area contributed by atoms with Crippen molar-refractivity contribution in [2.75, 3.05) is 6.61 Å². The Balaban J connectivity index is 1.57. The van der Waals surface area contributed by atoms with Crippen molar-refractivity contribution in [2.45, 2.75) is 51.1 Å². The molecule has 0 radical (unpaired) electrons. The van der Waals surface area contributed by atoms with Crippen molar-refractivity contribution in [2.24, 2.45) is 0 Å². The lowest BCUT2D eigenvalue weighted by Crippen LogP contribution is -2.38. The van der Waals surface area contributed by atoms with Crippen LogP contribution in [0.3, 0.4) is 0 Å². The van der Waals surface area contributed by atoms with Gasteiger partial charge in [-0.25, -0.2) is 9.59 Å². The summed E-state index contributed by atoms with van der Waals surface area (Å²) in [7, 11) is 0. The predicted octanol–water partition coefficient (Wildman–Crippen LogP) is 1.12. The van der Waals surface area contributed by atoms with Crippen molar-refractivity contribution >= 4 is 5.97 Å². The molecule has 1 aromatic heterocycles. The molecule has 2 aliphatic rings. The van der Waals surface area contributed by atoms with Crippen LogP contribution in [0.2, 0.25) is 0 Å². The molecule has 2 aliphatic heterocycles. The van der Waals surface area contributed by atoms with Gasteiger partial charge in [-0.05, 0) is 32.9 Å². The first-order valence-corrected chi connectivity index (χ1v) is 9.30. The normalized spacial score (nSPS) is 27.6. The van der Waals surface area contributed by atoms with Gasteiger partial charge in [0.15, 0.2) is 12.0 Å². The maximum Gasteiger partial charge on any atom is 0.338 e. The summed E-state index contributed by atoms with van der Waals surface area (Å²) in [5.41, 5.74) is -0.283. The van der Waals surface area contributed by atoms with Gasteiger partial charge in [0.1, 0.15) is 24.9 Å². The fourth-order valence-corrected chi connectivity index (χ4v) is 3.61. The Bertz CT molecular complexity index is 1030. The Morgan fingerprint density at radius 3 is 2.59 bits per heavy atom. The van der Waals surface area contributed by atoms with Gasteiger partial charge in [-0.15, -0.1) is 0 Å². The molecule has 9 nitrogen and oxygen atoms in total. The molecule has 0 bridgehead atoms. The molecule has 0 spiro atoms. The quantitative estimate of drug-likeness (QED) is 0.764. The van der Waals surface area contributed by atoms with Gasteiger partial charge in [-0.1, -0.05) is 18.2 Å². The van der Waals surface area contributed by atoms with Gasteiger partial charge in [-0.2, -0.15) is 0 Å². The van der Waals surface area contributed by atoms with Crippen LogP contribution in [0.15, 0.2) is 46.1 Å². The van der Waals surface area contributed by atoms with E-state index in [2.05, 4.69) is 4.98 Å². The van der Waals surface area contributed by atoms with E-state index in [1.807, 2.05) is 6.07 Å². The zero-order valence-electron chi connectivity index (χ0n) is 16.3. The van der Waals surface area contributed by atoms with Crippen molar-refractivity contribution in [3.63, 3.8) is 0 Å². The zero-order valence-corrected chi connectivity index (χ0v) is 16.3. The number of hydrogen-bond acceptors (Lipinski definition) is 7. The van der Waals surface area contributed by atoms with E-state index in [4.69, 9.17) is 18.9 Å². The van der Waals surface area contributed by atoms with Gasteiger partial charge in [0.05, 0.1) is 5.56 Å². The smallest absolute Gasteiger partial charge is 0.338 e. The molecule has 1 aromatic carbocycles. The van der Waals surface area contributed by atoms with Crippen molar-refractivity contribution < 1.29 is 23.7 Å². The van der Waals surface area contributed by atoms with E-state index in [9.17, 15) is 14.4 Å². The Labute approximate surface area is 166 Å². The average Bonchev–Trinajstić information content (AvgIpc) is 3.16. The molecule has 4 atom stereocenters. The van der Waals surface area contributed by atoms with E-state index in [0.717, 1.165) is 0 Å². The number of fused-ring (bicyclic) bond motifs is 1. The summed E-state index contributed by atoms with van der Waals surface area (Å²) < 4.78 is 24.6. The number of aromatic amines is 1. The van der Waals surface area contributed by atoms with E-state index in [1.165, 1.54) is 10.8 Å². The highest BCUT2D eigenvalue weighted by Gasteiger charge is 2.56. The monoisotopic (exact) mass is 402 g/mol. The van der Waals surface area contributed by atoms with Crippen molar-refractivity contribution in [3.8, 4) is 0 Å². The molecule has 4 rings (SSSR count). The number of rotatable bonds is 4. The van der Waals surface area contributed by atoms with Crippen LogP contribution >= 0.6 is 0 Å². The first-order chi connectivity index (χ1) is 13.7. The molecule has 0 unspecified atom stereocenters. The Morgan fingerprint density at radius 2 is 1.86 bits per heavy atom. The Hall–Kier alpha value is -2.75. The molecule has 0 aliphatic carbocycles.